The molecule has 20 heavy (non-hydrogen) atoms. The molecule has 0 spiro atoms. The number of carbonyl (C=O) groups excluding carboxylic acids is 1. The average Bonchev–Trinajstić information content (AvgIpc) is 2.44. The van der Waals surface area contributed by atoms with Gasteiger partial charge in [-0.2, -0.15) is 0 Å². The fraction of sp³-hybridized carbons (Fsp3) is 0.938. The summed E-state index contributed by atoms with van der Waals surface area (Å²) in [6.45, 7) is 5.77. The van der Waals surface area contributed by atoms with Crippen molar-refractivity contribution in [2.45, 2.75) is 70.4 Å². The van der Waals surface area contributed by atoms with Crippen LogP contribution in [-0.4, -0.2) is 33.5 Å². The maximum absolute atomic E-state index is 12.2. The Balaban J connectivity index is 2.05. The lowest BCUT2D eigenvalue weighted by molar-refractivity contribution is -0.275. The molecule has 3 aliphatic rings. The number of ketones is 1. The fourth-order valence-corrected chi connectivity index (χ4v) is 4.93. The van der Waals surface area contributed by atoms with Crippen LogP contribution in [0.25, 0.3) is 0 Å². The van der Waals surface area contributed by atoms with Gasteiger partial charge in [0.1, 0.15) is 5.78 Å². The largest absolute Gasteiger partial charge is 0.387 e. The van der Waals surface area contributed by atoms with Crippen molar-refractivity contribution in [3.8, 4) is 0 Å². The molecule has 2 saturated carbocycles. The molecule has 0 aromatic heterocycles. The van der Waals surface area contributed by atoms with Gasteiger partial charge in [0.05, 0.1) is 11.7 Å². The molecule has 4 nitrogen and oxygen atoms in total. The van der Waals surface area contributed by atoms with Crippen molar-refractivity contribution in [2.75, 3.05) is 0 Å². The van der Waals surface area contributed by atoms with Gasteiger partial charge in [0.25, 0.3) is 0 Å². The molecular formula is C16H26O4. The standard InChI is InChI=1S/C16H26O4/c1-9-4-5-12-10(2)13(17)8-14-16(12,19)11(9)6-7-15(3,18)20-14/h9-12,14,18-19H,4-8H2,1-3H3/t9-,10?,11+,12+,14+,15+,16-/m1/s1. The molecule has 1 unspecified atom stereocenters. The molecule has 4 heteroatoms. The lowest BCUT2D eigenvalue weighted by Gasteiger charge is -2.55. The van der Waals surface area contributed by atoms with E-state index in [1.807, 2.05) is 6.92 Å². The summed E-state index contributed by atoms with van der Waals surface area (Å²) in [6, 6.07) is 0. The van der Waals surface area contributed by atoms with Gasteiger partial charge >= 0.3 is 0 Å². The van der Waals surface area contributed by atoms with Crippen LogP contribution in [0.1, 0.15) is 52.9 Å². The number of hydrogen-bond acceptors (Lipinski definition) is 4. The minimum atomic E-state index is -1.23. The van der Waals surface area contributed by atoms with Gasteiger partial charge in [-0.3, -0.25) is 4.79 Å². The molecule has 1 heterocycles. The molecule has 2 aliphatic carbocycles. The molecule has 0 radical (unpaired) electrons. The summed E-state index contributed by atoms with van der Waals surface area (Å²) in [5, 5.41) is 21.8. The summed E-state index contributed by atoms with van der Waals surface area (Å²) in [6.07, 6.45) is 2.89. The molecule has 114 valence electrons. The minimum Gasteiger partial charge on any atom is -0.387 e. The highest BCUT2D eigenvalue weighted by Crippen LogP contribution is 2.55. The number of hydrogen-bond donors (Lipinski definition) is 2. The predicted octanol–water partition coefficient (Wildman–Crippen LogP) is 1.88. The Labute approximate surface area is 120 Å². The van der Waals surface area contributed by atoms with Crippen molar-refractivity contribution in [2.24, 2.45) is 23.7 Å². The van der Waals surface area contributed by atoms with E-state index in [-0.39, 0.29) is 30.0 Å². The molecule has 0 amide bonds. The Morgan fingerprint density at radius 1 is 1.15 bits per heavy atom. The van der Waals surface area contributed by atoms with Crippen LogP contribution in [0.3, 0.4) is 0 Å². The summed E-state index contributed by atoms with van der Waals surface area (Å²) >= 11 is 0. The van der Waals surface area contributed by atoms with Crippen molar-refractivity contribution in [3.05, 3.63) is 0 Å². The van der Waals surface area contributed by atoms with Gasteiger partial charge < -0.3 is 14.9 Å². The number of ether oxygens (including phenoxy) is 1. The van der Waals surface area contributed by atoms with Gasteiger partial charge in [-0.05, 0) is 43.9 Å². The summed E-state index contributed by atoms with van der Waals surface area (Å²) in [5.74, 6) is -0.659. The first kappa shape index (κ1) is 14.5. The van der Waals surface area contributed by atoms with Gasteiger partial charge in [0.15, 0.2) is 5.79 Å². The Hall–Kier alpha value is -0.450. The second kappa shape index (κ2) is 4.52. The third kappa shape index (κ3) is 1.96. The maximum Gasteiger partial charge on any atom is 0.163 e. The molecule has 7 atom stereocenters. The molecule has 1 saturated heterocycles. The molecule has 0 bridgehead atoms. The summed E-state index contributed by atoms with van der Waals surface area (Å²) in [5.41, 5.74) is -0.953. The highest BCUT2D eigenvalue weighted by molar-refractivity contribution is 5.83. The summed E-state index contributed by atoms with van der Waals surface area (Å²) in [7, 11) is 0. The van der Waals surface area contributed by atoms with Gasteiger partial charge in [0, 0.05) is 18.8 Å². The number of rotatable bonds is 0. The third-order valence-electron chi connectivity index (χ3n) is 6.14. The molecule has 1 aliphatic heterocycles. The van der Waals surface area contributed by atoms with Crippen molar-refractivity contribution >= 4 is 5.78 Å². The predicted molar refractivity (Wildman–Crippen MR) is 73.8 cm³/mol. The van der Waals surface area contributed by atoms with E-state index in [0.717, 1.165) is 19.3 Å². The zero-order valence-electron chi connectivity index (χ0n) is 12.6. The maximum atomic E-state index is 12.2. The Morgan fingerprint density at radius 3 is 2.55 bits per heavy atom. The average molecular weight is 282 g/mol. The van der Waals surface area contributed by atoms with Gasteiger partial charge in [0.2, 0.25) is 0 Å². The van der Waals surface area contributed by atoms with Crippen LogP contribution in [0.15, 0.2) is 0 Å². The molecule has 0 aromatic carbocycles. The number of carbonyl (C=O) groups is 1. The monoisotopic (exact) mass is 282 g/mol. The van der Waals surface area contributed by atoms with Gasteiger partial charge in [-0.15, -0.1) is 0 Å². The highest BCUT2D eigenvalue weighted by Gasteiger charge is 2.62. The summed E-state index contributed by atoms with van der Waals surface area (Å²) in [4.78, 5) is 12.2. The number of aliphatic hydroxyl groups is 2. The van der Waals surface area contributed by atoms with E-state index in [2.05, 4.69) is 6.92 Å². The van der Waals surface area contributed by atoms with Crippen LogP contribution in [0, 0.1) is 23.7 Å². The zero-order valence-corrected chi connectivity index (χ0v) is 12.6. The summed E-state index contributed by atoms with van der Waals surface area (Å²) < 4.78 is 5.79. The first-order valence-electron chi connectivity index (χ1n) is 7.91. The Morgan fingerprint density at radius 2 is 1.85 bits per heavy atom. The van der Waals surface area contributed by atoms with E-state index in [4.69, 9.17) is 4.74 Å². The van der Waals surface area contributed by atoms with Crippen molar-refractivity contribution < 1.29 is 19.7 Å². The fourth-order valence-electron chi connectivity index (χ4n) is 4.93. The second-order valence-electron chi connectivity index (χ2n) is 7.43. The van der Waals surface area contributed by atoms with E-state index in [1.165, 1.54) is 0 Å². The van der Waals surface area contributed by atoms with Crippen LogP contribution in [0.2, 0.25) is 0 Å². The highest BCUT2D eigenvalue weighted by atomic mass is 16.6. The Bertz CT molecular complexity index is 419. The van der Waals surface area contributed by atoms with Crippen LogP contribution >= 0.6 is 0 Å². The third-order valence-corrected chi connectivity index (χ3v) is 6.14. The number of Topliss-reactive ketones (excluding diaryl/α,β-unsaturated/α-hetero) is 1. The SMILES string of the molecule is CC1C(=O)C[C@@H]2O[C@](C)(O)CC[C@H]3[C@H](C)CC[C@@H]1[C@@]23O. The zero-order chi connectivity index (χ0) is 14.7. The van der Waals surface area contributed by atoms with E-state index in [1.54, 1.807) is 6.92 Å². The molecule has 3 fully saturated rings. The van der Waals surface area contributed by atoms with Crippen molar-refractivity contribution in [3.63, 3.8) is 0 Å². The van der Waals surface area contributed by atoms with E-state index in [9.17, 15) is 15.0 Å². The smallest absolute Gasteiger partial charge is 0.163 e. The van der Waals surface area contributed by atoms with Crippen LogP contribution in [0.5, 0.6) is 0 Å². The second-order valence-corrected chi connectivity index (χ2v) is 7.43. The van der Waals surface area contributed by atoms with Gasteiger partial charge in [-0.1, -0.05) is 13.8 Å². The molecule has 0 aromatic rings. The van der Waals surface area contributed by atoms with Crippen molar-refractivity contribution in [1.82, 2.24) is 0 Å². The van der Waals surface area contributed by atoms with Crippen molar-refractivity contribution in [1.29, 1.82) is 0 Å². The topological polar surface area (TPSA) is 66.8 Å². The quantitative estimate of drug-likeness (QED) is 0.712. The van der Waals surface area contributed by atoms with Gasteiger partial charge in [-0.25, -0.2) is 0 Å². The normalized spacial score (nSPS) is 56.0. The van der Waals surface area contributed by atoms with Crippen LogP contribution < -0.4 is 0 Å². The lowest BCUT2D eigenvalue weighted by Crippen LogP contribution is -2.64. The van der Waals surface area contributed by atoms with Crippen LogP contribution in [-0.2, 0) is 9.53 Å². The molecule has 2 N–H and O–H groups in total. The minimum absolute atomic E-state index is 0.0242. The Kier molecular flexibility index (Phi) is 3.27. The van der Waals surface area contributed by atoms with Crippen LogP contribution in [0.4, 0.5) is 0 Å². The van der Waals surface area contributed by atoms with E-state index < -0.39 is 17.5 Å². The molecular weight excluding hydrogens is 256 g/mol. The first-order valence-corrected chi connectivity index (χ1v) is 7.91. The first-order chi connectivity index (χ1) is 9.25. The molecule has 3 rings (SSSR count). The van der Waals surface area contributed by atoms with E-state index >= 15 is 0 Å². The lowest BCUT2D eigenvalue weighted by atomic mass is 9.54. The van der Waals surface area contributed by atoms with E-state index in [0.29, 0.717) is 12.3 Å².